The molecule has 0 nitrogen and oxygen atoms in total. The summed E-state index contributed by atoms with van der Waals surface area (Å²) in [6.45, 7) is 2.14. The highest BCUT2D eigenvalue weighted by atomic mass is 127. The maximum absolute atomic E-state index is 4.35. The van der Waals surface area contributed by atoms with E-state index in [-0.39, 0.29) is 0 Å². The summed E-state index contributed by atoms with van der Waals surface area (Å²) in [7, 11) is 0. The molecule has 0 amide bonds. The van der Waals surface area contributed by atoms with Crippen LogP contribution in [0.5, 0.6) is 0 Å². The fourth-order valence-electron chi connectivity index (χ4n) is 1.21. The van der Waals surface area contributed by atoms with Crippen molar-refractivity contribution in [3.63, 3.8) is 0 Å². The molecule has 2 rings (SSSR count). The zero-order valence-corrected chi connectivity index (χ0v) is 10.3. The highest BCUT2D eigenvalue weighted by Gasteiger charge is 2.04. The molecule has 3 heteroatoms. The number of aryl methyl sites for hydroxylation is 1. The molecule has 1 aromatic heterocycles. The number of hydrogen-bond donors (Lipinski definition) is 1. The van der Waals surface area contributed by atoms with Gasteiger partial charge in [0.2, 0.25) is 0 Å². The molecule has 0 atom stereocenters. The van der Waals surface area contributed by atoms with Gasteiger partial charge in [-0.1, -0.05) is 6.07 Å². The molecule has 0 saturated carbocycles. The Morgan fingerprint density at radius 3 is 2.83 bits per heavy atom. The molecular formula is C9H7IS2. The first-order valence-corrected chi connectivity index (χ1v) is 5.90. The van der Waals surface area contributed by atoms with Crippen LogP contribution in [0, 0.1) is 10.5 Å². The molecular weight excluding hydrogens is 299 g/mol. The quantitative estimate of drug-likeness (QED) is 0.550. The van der Waals surface area contributed by atoms with Gasteiger partial charge >= 0.3 is 0 Å². The summed E-state index contributed by atoms with van der Waals surface area (Å²) in [6.07, 6.45) is 0. The normalized spacial score (nSPS) is 10.9. The van der Waals surface area contributed by atoms with Crippen LogP contribution in [0.3, 0.4) is 0 Å². The van der Waals surface area contributed by atoms with Crippen LogP contribution in [-0.2, 0) is 0 Å². The van der Waals surface area contributed by atoms with Gasteiger partial charge in [0.25, 0.3) is 0 Å². The zero-order valence-electron chi connectivity index (χ0n) is 6.47. The summed E-state index contributed by atoms with van der Waals surface area (Å²) in [6, 6.07) is 6.45. The third kappa shape index (κ3) is 1.38. The highest BCUT2D eigenvalue weighted by Crippen LogP contribution is 2.33. The molecule has 0 spiro atoms. The Morgan fingerprint density at radius 1 is 1.42 bits per heavy atom. The van der Waals surface area contributed by atoms with Crippen LogP contribution in [-0.4, -0.2) is 0 Å². The lowest BCUT2D eigenvalue weighted by Gasteiger charge is -1.96. The Hall–Kier alpha value is 0.260. The summed E-state index contributed by atoms with van der Waals surface area (Å²) in [5.74, 6) is 0. The van der Waals surface area contributed by atoms with Crippen molar-refractivity contribution >= 4 is 56.6 Å². The fraction of sp³-hybridized carbons (Fsp3) is 0.111. The van der Waals surface area contributed by atoms with Crippen molar-refractivity contribution < 1.29 is 0 Å². The van der Waals surface area contributed by atoms with E-state index in [1.165, 1.54) is 19.2 Å². The molecule has 1 aromatic carbocycles. The van der Waals surface area contributed by atoms with Gasteiger partial charge in [0.05, 0.1) is 4.21 Å². The monoisotopic (exact) mass is 306 g/mol. The second-order valence-electron chi connectivity index (χ2n) is 2.69. The SMILES string of the molecule is Cc1ccc(I)c2sc(S)cc12. The number of halogens is 1. The van der Waals surface area contributed by atoms with E-state index in [1.807, 2.05) is 0 Å². The van der Waals surface area contributed by atoms with E-state index in [9.17, 15) is 0 Å². The first-order chi connectivity index (χ1) is 5.68. The number of rotatable bonds is 0. The maximum Gasteiger partial charge on any atom is 0.0581 e. The van der Waals surface area contributed by atoms with Crippen molar-refractivity contribution in [3.8, 4) is 0 Å². The molecule has 0 N–H and O–H groups in total. The summed E-state index contributed by atoms with van der Waals surface area (Å²) in [5, 5.41) is 1.34. The largest absolute Gasteiger partial charge is 0.133 e. The summed E-state index contributed by atoms with van der Waals surface area (Å²) in [5.41, 5.74) is 1.34. The third-order valence-electron chi connectivity index (χ3n) is 1.84. The lowest BCUT2D eigenvalue weighted by atomic mass is 10.2. The van der Waals surface area contributed by atoms with E-state index in [4.69, 9.17) is 0 Å². The molecule has 62 valence electrons. The number of fused-ring (bicyclic) bond motifs is 1. The predicted octanol–water partition coefficient (Wildman–Crippen LogP) is 4.10. The minimum Gasteiger partial charge on any atom is -0.133 e. The maximum atomic E-state index is 4.35. The average Bonchev–Trinajstić information content (AvgIpc) is 2.41. The standard InChI is InChI=1S/C9H7IS2/c1-5-2-3-7(10)9-6(5)4-8(11)12-9/h2-4,11H,1H3. The van der Waals surface area contributed by atoms with Crippen molar-refractivity contribution in [2.45, 2.75) is 11.1 Å². The van der Waals surface area contributed by atoms with E-state index < -0.39 is 0 Å². The van der Waals surface area contributed by atoms with Crippen LogP contribution in [0.4, 0.5) is 0 Å². The van der Waals surface area contributed by atoms with Gasteiger partial charge in [-0.25, -0.2) is 0 Å². The summed E-state index contributed by atoms with van der Waals surface area (Å²) < 4.78 is 3.77. The van der Waals surface area contributed by atoms with E-state index in [1.54, 1.807) is 11.3 Å². The van der Waals surface area contributed by atoms with Crippen molar-refractivity contribution in [2.24, 2.45) is 0 Å². The number of thiol groups is 1. The molecule has 0 aliphatic rings. The van der Waals surface area contributed by atoms with E-state index in [2.05, 4.69) is 60.3 Å². The van der Waals surface area contributed by atoms with Crippen molar-refractivity contribution in [3.05, 3.63) is 27.3 Å². The second-order valence-corrected chi connectivity index (χ2v) is 5.69. The second kappa shape index (κ2) is 3.20. The minimum atomic E-state index is 1.09. The lowest BCUT2D eigenvalue weighted by Crippen LogP contribution is -1.74. The Balaban J connectivity index is 2.93. The molecule has 0 aliphatic carbocycles. The molecule has 1 heterocycles. The number of benzene rings is 1. The first kappa shape index (κ1) is 8.84. The topological polar surface area (TPSA) is 0 Å². The molecule has 0 aliphatic heterocycles. The third-order valence-corrected chi connectivity index (χ3v) is 4.48. The summed E-state index contributed by atoms with van der Waals surface area (Å²) in [4.78, 5) is 0. The highest BCUT2D eigenvalue weighted by molar-refractivity contribution is 14.1. The Labute approximate surface area is 94.5 Å². The van der Waals surface area contributed by atoms with Crippen LogP contribution >= 0.6 is 46.6 Å². The Morgan fingerprint density at radius 2 is 2.17 bits per heavy atom. The van der Waals surface area contributed by atoms with Crippen molar-refractivity contribution in [1.82, 2.24) is 0 Å². The van der Waals surface area contributed by atoms with Crippen LogP contribution < -0.4 is 0 Å². The Kier molecular flexibility index (Phi) is 2.35. The van der Waals surface area contributed by atoms with E-state index in [0.29, 0.717) is 0 Å². The van der Waals surface area contributed by atoms with E-state index in [0.717, 1.165) is 4.21 Å². The summed E-state index contributed by atoms with van der Waals surface area (Å²) >= 11 is 8.47. The van der Waals surface area contributed by atoms with Crippen LogP contribution in [0.25, 0.3) is 10.1 Å². The Bertz CT molecular complexity index is 392. The van der Waals surface area contributed by atoms with Crippen molar-refractivity contribution in [2.75, 3.05) is 0 Å². The fourth-order valence-corrected chi connectivity index (χ4v) is 3.30. The number of hydrogen-bond acceptors (Lipinski definition) is 2. The van der Waals surface area contributed by atoms with E-state index >= 15 is 0 Å². The van der Waals surface area contributed by atoms with Gasteiger partial charge < -0.3 is 0 Å². The van der Waals surface area contributed by atoms with Gasteiger partial charge in [-0.15, -0.1) is 24.0 Å². The molecule has 2 aromatic rings. The average molecular weight is 306 g/mol. The van der Waals surface area contributed by atoms with Crippen LogP contribution in [0.2, 0.25) is 0 Å². The van der Waals surface area contributed by atoms with Crippen LogP contribution in [0.15, 0.2) is 22.4 Å². The molecule has 0 bridgehead atoms. The van der Waals surface area contributed by atoms with Gasteiger partial charge in [-0.3, -0.25) is 0 Å². The smallest absolute Gasteiger partial charge is 0.0581 e. The van der Waals surface area contributed by atoms with Gasteiger partial charge in [0.1, 0.15) is 0 Å². The molecule has 12 heavy (non-hydrogen) atoms. The van der Waals surface area contributed by atoms with Crippen molar-refractivity contribution in [1.29, 1.82) is 0 Å². The van der Waals surface area contributed by atoms with Crippen LogP contribution in [0.1, 0.15) is 5.56 Å². The van der Waals surface area contributed by atoms with Gasteiger partial charge in [-0.2, -0.15) is 0 Å². The molecule has 0 saturated heterocycles. The van der Waals surface area contributed by atoms with Gasteiger partial charge in [-0.05, 0) is 52.6 Å². The first-order valence-electron chi connectivity index (χ1n) is 3.56. The molecule has 0 unspecified atom stereocenters. The molecule has 0 fully saturated rings. The predicted molar refractivity (Wildman–Crippen MR) is 66.5 cm³/mol. The number of thiophene rings is 1. The lowest BCUT2D eigenvalue weighted by molar-refractivity contribution is 1.53. The van der Waals surface area contributed by atoms with Gasteiger partial charge in [0, 0.05) is 8.27 Å². The minimum absolute atomic E-state index is 1.09. The zero-order chi connectivity index (χ0) is 8.72. The van der Waals surface area contributed by atoms with Gasteiger partial charge in [0.15, 0.2) is 0 Å². The molecule has 0 radical (unpaired) electrons.